The topological polar surface area (TPSA) is 77.8 Å². The maximum Gasteiger partial charge on any atom is 0.307 e. The molecule has 0 radical (unpaired) electrons. The molecule has 1 saturated carbocycles. The average molecular weight is 267 g/mol. The second kappa shape index (κ2) is 6.19. The Balaban J connectivity index is 2.10. The third-order valence-electron chi connectivity index (χ3n) is 4.21. The van der Waals surface area contributed by atoms with E-state index in [4.69, 9.17) is 5.11 Å². The minimum Gasteiger partial charge on any atom is -0.481 e. The van der Waals surface area contributed by atoms with Gasteiger partial charge >= 0.3 is 5.97 Å². The molecule has 2 atom stereocenters. The zero-order chi connectivity index (χ0) is 13.8. The molecule has 1 fully saturated rings. The van der Waals surface area contributed by atoms with Gasteiger partial charge in [-0.15, -0.1) is 0 Å². The van der Waals surface area contributed by atoms with Crippen molar-refractivity contribution in [3.05, 3.63) is 12.2 Å². The first-order valence-corrected chi connectivity index (χ1v) is 6.94. The summed E-state index contributed by atoms with van der Waals surface area (Å²) in [6.45, 7) is 0.249. The third kappa shape index (κ3) is 2.97. The van der Waals surface area contributed by atoms with Gasteiger partial charge in [0.2, 0.25) is 5.91 Å². The highest BCUT2D eigenvalue weighted by molar-refractivity contribution is 5.85. The van der Waals surface area contributed by atoms with E-state index in [0.717, 1.165) is 19.3 Å². The largest absolute Gasteiger partial charge is 0.481 e. The summed E-state index contributed by atoms with van der Waals surface area (Å²) in [5, 5.41) is 18.3. The van der Waals surface area contributed by atoms with Crippen molar-refractivity contribution in [3.63, 3.8) is 0 Å². The number of aliphatic carboxylic acids is 1. The van der Waals surface area contributed by atoms with Gasteiger partial charge in [0.1, 0.15) is 0 Å². The van der Waals surface area contributed by atoms with Gasteiger partial charge in [-0.25, -0.2) is 0 Å². The molecule has 0 saturated heterocycles. The Hall–Kier alpha value is -1.36. The number of hydrogen-bond donors (Lipinski definition) is 2. The molecule has 2 aliphatic rings. The van der Waals surface area contributed by atoms with Crippen LogP contribution in [0, 0.1) is 11.8 Å². The van der Waals surface area contributed by atoms with Crippen LogP contribution in [0.1, 0.15) is 32.1 Å². The second-order valence-electron chi connectivity index (χ2n) is 5.33. The SMILES string of the molecule is O=C(O)[C@H]1CC=CC[C@H]1C(=O)N(CCO)C1CCC1. The highest BCUT2D eigenvalue weighted by atomic mass is 16.4. The van der Waals surface area contributed by atoms with E-state index >= 15 is 0 Å². The van der Waals surface area contributed by atoms with Crippen molar-refractivity contribution >= 4 is 11.9 Å². The van der Waals surface area contributed by atoms with Gasteiger partial charge in [-0.3, -0.25) is 9.59 Å². The summed E-state index contributed by atoms with van der Waals surface area (Å²) in [6.07, 6.45) is 7.67. The van der Waals surface area contributed by atoms with Gasteiger partial charge in [0, 0.05) is 12.6 Å². The van der Waals surface area contributed by atoms with E-state index in [1.807, 2.05) is 12.2 Å². The van der Waals surface area contributed by atoms with Crippen molar-refractivity contribution in [2.24, 2.45) is 11.8 Å². The molecule has 2 aliphatic carbocycles. The standard InChI is InChI=1S/C14H21NO4/c16-9-8-15(10-4-3-5-10)13(17)11-6-1-2-7-12(11)14(18)19/h1-2,10-12,16H,3-9H2,(H,18,19)/t11-,12+/m1/s1. The fraction of sp³-hybridized carbons (Fsp3) is 0.714. The lowest BCUT2D eigenvalue weighted by atomic mass is 9.81. The lowest BCUT2D eigenvalue weighted by Gasteiger charge is -2.40. The number of carbonyl (C=O) groups excluding carboxylic acids is 1. The van der Waals surface area contributed by atoms with E-state index < -0.39 is 17.8 Å². The van der Waals surface area contributed by atoms with E-state index in [2.05, 4.69) is 0 Å². The first-order chi connectivity index (χ1) is 9.15. The molecule has 19 heavy (non-hydrogen) atoms. The molecule has 2 N–H and O–H groups in total. The van der Waals surface area contributed by atoms with Gasteiger partial charge in [-0.1, -0.05) is 12.2 Å². The number of aliphatic hydroxyl groups excluding tert-OH is 1. The molecular weight excluding hydrogens is 246 g/mol. The Morgan fingerprint density at radius 1 is 1.16 bits per heavy atom. The van der Waals surface area contributed by atoms with Crippen LogP contribution in [0.25, 0.3) is 0 Å². The number of aliphatic hydroxyl groups is 1. The summed E-state index contributed by atoms with van der Waals surface area (Å²) < 4.78 is 0. The Morgan fingerprint density at radius 3 is 2.26 bits per heavy atom. The van der Waals surface area contributed by atoms with Crippen molar-refractivity contribution in [3.8, 4) is 0 Å². The molecule has 0 aromatic heterocycles. The fourth-order valence-corrected chi connectivity index (χ4v) is 2.85. The zero-order valence-electron chi connectivity index (χ0n) is 11.0. The molecule has 2 rings (SSSR count). The number of carboxylic acids is 1. The summed E-state index contributed by atoms with van der Waals surface area (Å²) in [5.74, 6) is -2.11. The van der Waals surface area contributed by atoms with Crippen LogP contribution in [-0.2, 0) is 9.59 Å². The van der Waals surface area contributed by atoms with Crippen molar-refractivity contribution < 1.29 is 19.8 Å². The van der Waals surface area contributed by atoms with E-state index in [1.54, 1.807) is 4.90 Å². The molecule has 0 unspecified atom stereocenters. The van der Waals surface area contributed by atoms with Crippen molar-refractivity contribution in [1.29, 1.82) is 0 Å². The second-order valence-corrected chi connectivity index (χ2v) is 5.33. The van der Waals surface area contributed by atoms with Crippen LogP contribution >= 0.6 is 0 Å². The van der Waals surface area contributed by atoms with Crippen LogP contribution in [0.2, 0.25) is 0 Å². The van der Waals surface area contributed by atoms with Crippen molar-refractivity contribution in [1.82, 2.24) is 4.90 Å². The van der Waals surface area contributed by atoms with Gasteiger partial charge in [0.25, 0.3) is 0 Å². The molecule has 0 bridgehead atoms. The van der Waals surface area contributed by atoms with Crippen molar-refractivity contribution in [2.45, 2.75) is 38.1 Å². The quantitative estimate of drug-likeness (QED) is 0.729. The van der Waals surface area contributed by atoms with E-state index in [0.29, 0.717) is 19.4 Å². The van der Waals surface area contributed by atoms with Crippen LogP contribution in [0.15, 0.2) is 12.2 Å². The molecule has 5 heteroatoms. The Bertz CT molecular complexity index is 376. The van der Waals surface area contributed by atoms with Gasteiger partial charge in [0.05, 0.1) is 18.4 Å². The molecule has 1 amide bonds. The number of carboxylic acid groups (broad SMARTS) is 1. The number of hydrogen-bond acceptors (Lipinski definition) is 3. The van der Waals surface area contributed by atoms with Gasteiger partial charge in [0.15, 0.2) is 0 Å². The van der Waals surface area contributed by atoms with Crippen LogP contribution in [0.5, 0.6) is 0 Å². The lowest BCUT2D eigenvalue weighted by Crippen LogP contribution is -2.50. The number of rotatable bonds is 5. The molecular formula is C14H21NO4. The average Bonchev–Trinajstić information content (AvgIpc) is 2.35. The number of allylic oxidation sites excluding steroid dienone is 2. The summed E-state index contributed by atoms with van der Waals surface area (Å²) in [7, 11) is 0. The van der Waals surface area contributed by atoms with E-state index in [-0.39, 0.29) is 18.6 Å². The molecule has 0 aromatic rings. The minimum absolute atomic E-state index is 0.0669. The third-order valence-corrected chi connectivity index (χ3v) is 4.21. The predicted molar refractivity (Wildman–Crippen MR) is 69.4 cm³/mol. The lowest BCUT2D eigenvalue weighted by molar-refractivity contribution is -0.152. The number of nitrogens with zero attached hydrogens (tertiary/aromatic N) is 1. The Labute approximate surface area is 112 Å². The minimum atomic E-state index is -0.903. The fourth-order valence-electron chi connectivity index (χ4n) is 2.85. The summed E-state index contributed by atoms with van der Waals surface area (Å²) in [5.41, 5.74) is 0. The Morgan fingerprint density at radius 2 is 1.79 bits per heavy atom. The van der Waals surface area contributed by atoms with Crippen LogP contribution in [-0.4, -0.2) is 46.2 Å². The van der Waals surface area contributed by atoms with Gasteiger partial charge in [-0.2, -0.15) is 0 Å². The molecule has 0 aromatic carbocycles. The number of amides is 1. The molecule has 0 aliphatic heterocycles. The van der Waals surface area contributed by atoms with Crippen LogP contribution in [0.3, 0.4) is 0 Å². The predicted octanol–water partition coefficient (Wildman–Crippen LogP) is 1.03. The Kier molecular flexibility index (Phi) is 4.58. The van der Waals surface area contributed by atoms with Crippen LogP contribution < -0.4 is 0 Å². The molecule has 106 valence electrons. The molecule has 0 spiro atoms. The van der Waals surface area contributed by atoms with Gasteiger partial charge in [-0.05, 0) is 32.1 Å². The van der Waals surface area contributed by atoms with Gasteiger partial charge < -0.3 is 15.1 Å². The number of carbonyl (C=O) groups is 2. The first kappa shape index (κ1) is 14.1. The smallest absolute Gasteiger partial charge is 0.307 e. The zero-order valence-corrected chi connectivity index (χ0v) is 11.0. The maximum absolute atomic E-state index is 12.6. The molecule has 5 nitrogen and oxygen atoms in total. The van der Waals surface area contributed by atoms with Crippen LogP contribution in [0.4, 0.5) is 0 Å². The van der Waals surface area contributed by atoms with E-state index in [1.165, 1.54) is 0 Å². The van der Waals surface area contributed by atoms with Crippen molar-refractivity contribution in [2.75, 3.05) is 13.2 Å². The monoisotopic (exact) mass is 267 g/mol. The van der Waals surface area contributed by atoms with E-state index in [9.17, 15) is 14.7 Å². The molecule has 0 heterocycles. The maximum atomic E-state index is 12.6. The first-order valence-electron chi connectivity index (χ1n) is 6.94. The normalized spacial score (nSPS) is 26.8. The highest BCUT2D eigenvalue weighted by Gasteiger charge is 2.39. The highest BCUT2D eigenvalue weighted by Crippen LogP contribution is 2.31. The summed E-state index contributed by atoms with van der Waals surface area (Å²) in [6, 6.07) is 0.194. The summed E-state index contributed by atoms with van der Waals surface area (Å²) >= 11 is 0. The summed E-state index contributed by atoms with van der Waals surface area (Å²) in [4.78, 5) is 25.5.